The minimum atomic E-state index is -3.77. The molecule has 3 aliphatic rings. The summed E-state index contributed by atoms with van der Waals surface area (Å²) >= 11 is 11.6. The second-order valence-electron chi connectivity index (χ2n) is 23.4. The Balaban J connectivity index is 0.000000155. The Morgan fingerprint density at radius 1 is 0.515 bits per heavy atom. The summed E-state index contributed by atoms with van der Waals surface area (Å²) < 4.78 is 158. The lowest BCUT2D eigenvalue weighted by Crippen LogP contribution is -2.27. The number of ether oxygens (including phenoxy) is 4. The Morgan fingerprint density at radius 3 is 1.29 bits per heavy atom. The van der Waals surface area contributed by atoms with Crippen LogP contribution in [-0.4, -0.2) is 127 Å². The molecule has 32 heteroatoms. The predicted molar refractivity (Wildman–Crippen MR) is 372 cm³/mol. The third-order valence-corrected chi connectivity index (χ3v) is 21.3. The number of nitrogens with one attached hydrogen (secondary N) is 1. The number of phenols is 1. The smallest absolute Gasteiger partial charge is 0.258 e. The molecule has 13 rings (SSSR count). The number of aromatic hydroxyl groups is 1. The quantitative estimate of drug-likeness (QED) is 0.0596. The first kappa shape index (κ1) is 72.0. The largest absolute Gasteiger partial charge is 0.505 e. The van der Waals surface area contributed by atoms with Crippen LogP contribution in [0.3, 0.4) is 0 Å². The number of fused-ring (bicyclic) bond motifs is 6. The monoisotopic (exact) mass is 1480 g/mol. The van der Waals surface area contributed by atoms with E-state index in [4.69, 9.17) is 42.1 Å². The summed E-state index contributed by atoms with van der Waals surface area (Å²) in [4.78, 5) is 54.8. The maximum absolute atomic E-state index is 14.8. The number of sulfonamides is 3. The van der Waals surface area contributed by atoms with Gasteiger partial charge in [-0.25, -0.2) is 42.8 Å². The summed E-state index contributed by atoms with van der Waals surface area (Å²) in [5, 5.41) is 14.3. The third-order valence-electron chi connectivity index (χ3n) is 17.1. The van der Waals surface area contributed by atoms with Gasteiger partial charge in [0, 0.05) is 103 Å². The zero-order valence-corrected chi connectivity index (χ0v) is 58.9. The fourth-order valence-electron chi connectivity index (χ4n) is 11.9. The van der Waals surface area contributed by atoms with Gasteiger partial charge in [-0.15, -0.1) is 0 Å². The highest BCUT2D eigenvalue weighted by atomic mass is 35.5. The number of rotatable bonds is 18. The van der Waals surface area contributed by atoms with Gasteiger partial charge in [0.2, 0.25) is 30.1 Å². The molecule has 0 atom stereocenters. The molecule has 101 heavy (non-hydrogen) atoms. The van der Waals surface area contributed by atoms with Crippen LogP contribution in [0.1, 0.15) is 70.0 Å². The molecule has 0 aliphatic carbocycles. The minimum absolute atomic E-state index is 0.0436. The van der Waals surface area contributed by atoms with E-state index in [1.165, 1.54) is 42.7 Å². The van der Waals surface area contributed by atoms with Gasteiger partial charge in [-0.05, 0) is 96.1 Å². The molecule has 3 amide bonds. The Kier molecular flexibility index (Phi) is 20.2. The zero-order valence-electron chi connectivity index (χ0n) is 54.9. The van der Waals surface area contributed by atoms with Crippen LogP contribution >= 0.6 is 23.2 Å². The van der Waals surface area contributed by atoms with Crippen molar-refractivity contribution in [1.29, 1.82) is 0 Å². The molecular formula is C69H61Cl2F4N9O14S3. The SMILES string of the molecule is CN(c1c2c(c(O)c3ncccc13)C(=O)N(Cc1c(F)ccc(Cl)c1F)C2)S(C)(=O)=O.COc1ccc(COc2c3c(c(N(C)S(C)(=O)=O)c4cccnc24)CN(Cc2c(F)ccc(Cl)c2F)C3=O)cc1.COc1ccc(COc2c3c(c(N(C)S(C)(=O)=O)c4cccnc24)CNC3=O)cc1. The first-order chi connectivity index (χ1) is 47.8. The van der Waals surface area contributed by atoms with Crippen molar-refractivity contribution in [3.05, 3.63) is 217 Å². The molecule has 0 saturated carbocycles. The van der Waals surface area contributed by atoms with E-state index < -0.39 is 89.6 Å². The van der Waals surface area contributed by atoms with Gasteiger partial charge in [-0.3, -0.25) is 42.3 Å². The molecule has 0 fully saturated rings. The lowest BCUT2D eigenvalue weighted by Gasteiger charge is -2.23. The number of methoxy groups -OCH3 is 2. The molecule has 2 N–H and O–H groups in total. The lowest BCUT2D eigenvalue weighted by molar-refractivity contribution is 0.0753. The molecule has 6 heterocycles. The average molecular weight is 1480 g/mol. The number of carbonyl (C=O) groups excluding carboxylic acids is 3. The van der Waals surface area contributed by atoms with E-state index in [1.807, 2.05) is 24.3 Å². The van der Waals surface area contributed by atoms with E-state index in [0.717, 1.165) is 73.4 Å². The fraction of sp³-hybridized carbons (Fsp3) is 0.217. The summed E-state index contributed by atoms with van der Waals surface area (Å²) in [5.41, 5.74) is 3.86. The Morgan fingerprint density at radius 2 is 0.881 bits per heavy atom. The molecule has 10 aromatic rings. The van der Waals surface area contributed by atoms with Gasteiger partial charge in [-0.2, -0.15) is 0 Å². The Hall–Kier alpha value is -10.3. The minimum Gasteiger partial charge on any atom is -0.505 e. The molecule has 7 aromatic carbocycles. The van der Waals surface area contributed by atoms with Crippen molar-refractivity contribution in [2.75, 3.05) is 67.0 Å². The van der Waals surface area contributed by atoms with Crippen molar-refractivity contribution < 1.29 is 81.3 Å². The van der Waals surface area contributed by atoms with E-state index in [-0.39, 0.29) is 99.2 Å². The van der Waals surface area contributed by atoms with Crippen molar-refractivity contribution in [2.45, 2.75) is 45.9 Å². The summed E-state index contributed by atoms with van der Waals surface area (Å²) in [6.45, 7) is -0.698. The zero-order chi connectivity index (χ0) is 72.9. The van der Waals surface area contributed by atoms with Crippen LogP contribution < -0.4 is 37.2 Å². The number of hydrogen-bond donors (Lipinski definition) is 2. The van der Waals surface area contributed by atoms with E-state index >= 15 is 0 Å². The van der Waals surface area contributed by atoms with Gasteiger partial charge in [-0.1, -0.05) is 47.5 Å². The van der Waals surface area contributed by atoms with Gasteiger partial charge in [0.25, 0.3) is 17.7 Å². The molecule has 0 radical (unpaired) electrons. The van der Waals surface area contributed by atoms with Gasteiger partial charge < -0.3 is 39.2 Å². The van der Waals surface area contributed by atoms with Crippen molar-refractivity contribution in [2.24, 2.45) is 0 Å². The number of phenolic OH excluding ortho intramolecular Hbond substituents is 1. The van der Waals surface area contributed by atoms with Crippen LogP contribution in [-0.2, 0) is 76.0 Å². The summed E-state index contributed by atoms with van der Waals surface area (Å²) in [6.07, 6.45) is 7.66. The van der Waals surface area contributed by atoms with Crippen LogP contribution in [0, 0.1) is 23.3 Å². The molecule has 23 nitrogen and oxygen atoms in total. The summed E-state index contributed by atoms with van der Waals surface area (Å²) in [7, 11) is -3.74. The molecule has 0 spiro atoms. The van der Waals surface area contributed by atoms with Crippen LogP contribution in [0.5, 0.6) is 28.7 Å². The van der Waals surface area contributed by atoms with Crippen LogP contribution in [0.15, 0.2) is 128 Å². The number of benzene rings is 7. The molecular weight excluding hydrogens is 1420 g/mol. The number of hydrogen-bond acceptors (Lipinski definition) is 17. The highest BCUT2D eigenvalue weighted by molar-refractivity contribution is 7.92. The molecule has 0 bridgehead atoms. The summed E-state index contributed by atoms with van der Waals surface area (Å²) in [6, 6.07) is 28.7. The number of halogens is 6. The molecule has 0 unspecified atom stereocenters. The topological polar surface area (TPSA) is 278 Å². The van der Waals surface area contributed by atoms with Crippen molar-refractivity contribution in [3.8, 4) is 28.7 Å². The van der Waals surface area contributed by atoms with Crippen molar-refractivity contribution in [3.63, 3.8) is 0 Å². The normalized spacial score (nSPS) is 13.3. The van der Waals surface area contributed by atoms with Gasteiger partial charge in [0.1, 0.15) is 64.5 Å². The first-order valence-corrected chi connectivity index (χ1v) is 36.6. The second kappa shape index (κ2) is 28.4. The number of nitrogens with zero attached hydrogens (tertiary/aromatic N) is 8. The molecule has 526 valence electrons. The van der Waals surface area contributed by atoms with Crippen LogP contribution in [0.25, 0.3) is 32.7 Å². The van der Waals surface area contributed by atoms with Crippen molar-refractivity contribution >= 4 is 121 Å². The number of aromatic nitrogens is 3. The van der Waals surface area contributed by atoms with Crippen molar-refractivity contribution in [1.82, 2.24) is 30.1 Å². The van der Waals surface area contributed by atoms with Crippen LogP contribution in [0.4, 0.5) is 34.6 Å². The fourth-order valence-corrected chi connectivity index (χ4v) is 13.9. The van der Waals surface area contributed by atoms with Gasteiger partial charge >= 0.3 is 0 Å². The average Bonchev–Trinajstić information content (AvgIpc) is 1.68. The van der Waals surface area contributed by atoms with E-state index in [0.29, 0.717) is 55.6 Å². The number of amides is 3. The maximum Gasteiger partial charge on any atom is 0.258 e. The van der Waals surface area contributed by atoms with E-state index in [9.17, 15) is 62.3 Å². The first-order valence-electron chi connectivity index (χ1n) is 30.3. The second-order valence-corrected chi connectivity index (χ2v) is 30.3. The number of anilines is 3. The van der Waals surface area contributed by atoms with E-state index in [1.54, 1.807) is 81.1 Å². The lowest BCUT2D eigenvalue weighted by atomic mass is 10.0. The standard InChI is InChI=1S/C28H24ClF2N3O5S.C21H21N3O5S.C20H16ClF2N3O4S/c1-33(40(3,36)37)26-18-5-4-12-32-25(18)27(39-15-16-6-8-17(38-2)9-7-16)23-20(26)14-34(28(23)35)13-19-22(30)11-10-21(29)24(19)31;1-24(30(3,26)27)19-15-5-4-10-22-18(15)20(17-16(19)11-23-21(17)25)29-12-13-6-8-14(28-2)9-7-13;1-25(31(2,29)30)18-10-4-3-7-24-17(10)19(27)15-12(18)9-26(20(15)28)8-11-14(22)6-5-13(21)16(11)23/h4-12H,13-15H2,1-3H3;4-10H,11-12H2,1-3H3,(H,23,25);3-7,27H,8-9H2,1-2H3. The molecule has 3 aromatic heterocycles. The Bertz CT molecular complexity index is 5400. The molecule has 3 aliphatic heterocycles. The molecule has 0 saturated heterocycles. The highest BCUT2D eigenvalue weighted by Crippen LogP contribution is 2.48. The predicted octanol–water partition coefficient (Wildman–Crippen LogP) is 11.2. The van der Waals surface area contributed by atoms with Gasteiger partial charge in [0.15, 0.2) is 17.2 Å². The van der Waals surface area contributed by atoms with Gasteiger partial charge in [0.05, 0.1) is 89.9 Å². The highest BCUT2D eigenvalue weighted by Gasteiger charge is 2.41. The number of pyridine rings is 3. The van der Waals surface area contributed by atoms with Crippen LogP contribution in [0.2, 0.25) is 10.0 Å². The number of carbonyl (C=O) groups is 3. The maximum atomic E-state index is 14.8. The third kappa shape index (κ3) is 14.0. The Labute approximate surface area is 587 Å². The van der Waals surface area contributed by atoms with E-state index in [2.05, 4.69) is 20.3 Å². The summed E-state index contributed by atoms with van der Waals surface area (Å²) in [5.74, 6) is -3.84.